The molecule has 1 heterocycles. The number of nitrogens with one attached hydrogen (secondary N) is 1. The van der Waals surface area contributed by atoms with Crippen LogP contribution in [0.15, 0.2) is 35.7 Å². The first-order valence-corrected chi connectivity index (χ1v) is 7.51. The lowest BCUT2D eigenvalue weighted by Gasteiger charge is -2.14. The molecule has 3 nitrogen and oxygen atoms in total. The quantitative estimate of drug-likeness (QED) is 0.929. The van der Waals surface area contributed by atoms with Gasteiger partial charge in [0.1, 0.15) is 6.04 Å². The molecule has 0 aliphatic heterocycles. The molecule has 0 spiro atoms. The summed E-state index contributed by atoms with van der Waals surface area (Å²) in [6.45, 7) is 7.07. The topological polar surface area (TPSA) is 48.7 Å². The van der Waals surface area contributed by atoms with Gasteiger partial charge < -0.3 is 0 Å². The van der Waals surface area contributed by atoms with E-state index in [-0.39, 0.29) is 11.5 Å². The van der Waals surface area contributed by atoms with Gasteiger partial charge in [0.25, 0.3) is 0 Å². The fourth-order valence-corrected chi connectivity index (χ4v) is 2.73. The Kier molecular flexibility index (Phi) is 4.53. The molecule has 0 radical (unpaired) electrons. The summed E-state index contributed by atoms with van der Waals surface area (Å²) in [5.74, 6) is 0. The van der Waals surface area contributed by atoms with Gasteiger partial charge in [-0.2, -0.15) is 5.26 Å². The average Bonchev–Trinajstić information content (AvgIpc) is 2.90. The molecule has 20 heavy (non-hydrogen) atoms. The van der Waals surface area contributed by atoms with E-state index in [1.54, 1.807) is 11.3 Å². The van der Waals surface area contributed by atoms with E-state index in [1.165, 1.54) is 5.56 Å². The molecule has 0 amide bonds. The summed E-state index contributed by atoms with van der Waals surface area (Å²) in [4.78, 5) is 4.60. The number of hydrogen-bond donors (Lipinski definition) is 1. The number of thiazole rings is 1. The van der Waals surface area contributed by atoms with E-state index in [1.807, 2.05) is 35.7 Å². The summed E-state index contributed by atoms with van der Waals surface area (Å²) in [6.07, 6.45) is 0. The molecular formula is C16H19N3S. The van der Waals surface area contributed by atoms with Crippen molar-refractivity contribution in [2.24, 2.45) is 0 Å². The van der Waals surface area contributed by atoms with Crippen molar-refractivity contribution in [1.82, 2.24) is 10.3 Å². The van der Waals surface area contributed by atoms with Crippen LogP contribution >= 0.6 is 11.3 Å². The minimum atomic E-state index is -0.359. The van der Waals surface area contributed by atoms with Crippen LogP contribution < -0.4 is 5.32 Å². The molecule has 0 bridgehead atoms. The van der Waals surface area contributed by atoms with Crippen LogP contribution in [-0.2, 0) is 12.0 Å². The normalized spacial score (nSPS) is 12.9. The number of benzene rings is 1. The standard InChI is InChI=1S/C16H19N3S/c1-16(2,3)15-19-14(11-20-15)13(9-17)18-10-12-7-5-4-6-8-12/h4-8,11,13,18H,10H2,1-3H3. The molecule has 2 aromatic rings. The summed E-state index contributed by atoms with van der Waals surface area (Å²) < 4.78 is 0. The number of nitrogens with zero attached hydrogens (tertiary/aromatic N) is 2. The summed E-state index contributed by atoms with van der Waals surface area (Å²) in [7, 11) is 0. The molecule has 0 saturated carbocycles. The molecule has 2 rings (SSSR count). The Balaban J connectivity index is 2.06. The third-order valence-electron chi connectivity index (χ3n) is 2.94. The Hall–Kier alpha value is -1.70. The maximum Gasteiger partial charge on any atom is 0.139 e. The van der Waals surface area contributed by atoms with E-state index in [0.29, 0.717) is 6.54 Å². The predicted molar refractivity (Wildman–Crippen MR) is 82.4 cm³/mol. The first-order chi connectivity index (χ1) is 9.50. The van der Waals surface area contributed by atoms with Gasteiger partial charge in [-0.3, -0.25) is 5.32 Å². The van der Waals surface area contributed by atoms with Crippen molar-refractivity contribution >= 4 is 11.3 Å². The monoisotopic (exact) mass is 285 g/mol. The molecular weight excluding hydrogens is 266 g/mol. The lowest BCUT2D eigenvalue weighted by atomic mass is 9.98. The van der Waals surface area contributed by atoms with Gasteiger partial charge in [0.05, 0.1) is 16.8 Å². The lowest BCUT2D eigenvalue weighted by molar-refractivity contribution is 0.571. The molecule has 104 valence electrons. The summed E-state index contributed by atoms with van der Waals surface area (Å²) in [6, 6.07) is 12.0. The molecule has 1 aromatic heterocycles. The van der Waals surface area contributed by atoms with Gasteiger partial charge in [0.15, 0.2) is 0 Å². The van der Waals surface area contributed by atoms with Crippen molar-refractivity contribution in [1.29, 1.82) is 5.26 Å². The Morgan fingerprint density at radius 3 is 2.55 bits per heavy atom. The van der Waals surface area contributed by atoms with Crippen LogP contribution in [-0.4, -0.2) is 4.98 Å². The van der Waals surface area contributed by atoms with E-state index < -0.39 is 0 Å². The third kappa shape index (κ3) is 3.66. The second kappa shape index (κ2) is 6.17. The van der Waals surface area contributed by atoms with Crippen molar-refractivity contribution < 1.29 is 0 Å². The van der Waals surface area contributed by atoms with Crippen molar-refractivity contribution in [3.05, 3.63) is 52.0 Å². The van der Waals surface area contributed by atoms with Crippen LogP contribution in [0.4, 0.5) is 0 Å². The third-order valence-corrected chi connectivity index (χ3v) is 4.23. The van der Waals surface area contributed by atoms with Gasteiger partial charge in [0.2, 0.25) is 0 Å². The number of rotatable bonds is 4. The fourth-order valence-electron chi connectivity index (χ4n) is 1.80. The summed E-state index contributed by atoms with van der Waals surface area (Å²) >= 11 is 1.62. The van der Waals surface area contributed by atoms with Crippen LogP contribution in [0.5, 0.6) is 0 Å². The average molecular weight is 285 g/mol. The zero-order chi connectivity index (χ0) is 14.6. The first-order valence-electron chi connectivity index (χ1n) is 6.63. The van der Waals surface area contributed by atoms with Gasteiger partial charge in [-0.1, -0.05) is 51.1 Å². The molecule has 1 N–H and O–H groups in total. The second-order valence-corrected chi connectivity index (χ2v) is 6.61. The van der Waals surface area contributed by atoms with Crippen molar-refractivity contribution in [3.8, 4) is 6.07 Å². The highest BCUT2D eigenvalue weighted by Gasteiger charge is 2.21. The largest absolute Gasteiger partial charge is 0.293 e. The minimum Gasteiger partial charge on any atom is -0.293 e. The first kappa shape index (κ1) is 14.7. The molecule has 4 heteroatoms. The molecule has 0 fully saturated rings. The summed E-state index contributed by atoms with van der Waals surface area (Å²) in [5.41, 5.74) is 2.01. The van der Waals surface area contributed by atoms with Gasteiger partial charge in [0, 0.05) is 17.3 Å². The Bertz CT molecular complexity index is 590. The number of hydrogen-bond acceptors (Lipinski definition) is 4. The van der Waals surface area contributed by atoms with Crippen LogP contribution in [0, 0.1) is 11.3 Å². The molecule has 0 aliphatic rings. The maximum absolute atomic E-state index is 9.32. The Labute approximate surface area is 124 Å². The van der Waals surface area contributed by atoms with E-state index in [0.717, 1.165) is 10.7 Å². The number of aromatic nitrogens is 1. The summed E-state index contributed by atoms with van der Waals surface area (Å²) in [5, 5.41) is 15.6. The molecule has 1 aromatic carbocycles. The van der Waals surface area contributed by atoms with Crippen LogP contribution in [0.1, 0.15) is 43.1 Å². The van der Waals surface area contributed by atoms with Gasteiger partial charge >= 0.3 is 0 Å². The second-order valence-electron chi connectivity index (χ2n) is 5.76. The zero-order valence-corrected chi connectivity index (χ0v) is 12.9. The molecule has 1 unspecified atom stereocenters. The SMILES string of the molecule is CC(C)(C)c1nc(C(C#N)NCc2ccccc2)cs1. The molecule has 0 aliphatic carbocycles. The number of nitriles is 1. The highest BCUT2D eigenvalue weighted by Crippen LogP contribution is 2.27. The smallest absolute Gasteiger partial charge is 0.139 e. The van der Waals surface area contributed by atoms with Crippen molar-refractivity contribution in [3.63, 3.8) is 0 Å². The van der Waals surface area contributed by atoms with Crippen molar-refractivity contribution in [2.75, 3.05) is 0 Å². The Morgan fingerprint density at radius 1 is 1.30 bits per heavy atom. The van der Waals surface area contributed by atoms with Gasteiger partial charge in [-0.25, -0.2) is 4.98 Å². The highest BCUT2D eigenvalue weighted by atomic mass is 32.1. The van der Waals surface area contributed by atoms with Crippen LogP contribution in [0.2, 0.25) is 0 Å². The van der Waals surface area contributed by atoms with Crippen LogP contribution in [0.25, 0.3) is 0 Å². The Morgan fingerprint density at radius 2 is 2.00 bits per heavy atom. The lowest BCUT2D eigenvalue weighted by Crippen LogP contribution is -2.20. The van der Waals surface area contributed by atoms with E-state index >= 15 is 0 Å². The van der Waals surface area contributed by atoms with Gasteiger partial charge in [-0.15, -0.1) is 11.3 Å². The predicted octanol–water partition coefficient (Wildman–Crippen LogP) is 3.80. The van der Waals surface area contributed by atoms with E-state index in [9.17, 15) is 5.26 Å². The van der Waals surface area contributed by atoms with E-state index in [4.69, 9.17) is 0 Å². The highest BCUT2D eigenvalue weighted by molar-refractivity contribution is 7.09. The molecule has 1 atom stereocenters. The van der Waals surface area contributed by atoms with Gasteiger partial charge in [-0.05, 0) is 5.56 Å². The molecule has 0 saturated heterocycles. The van der Waals surface area contributed by atoms with E-state index in [2.05, 4.69) is 37.1 Å². The van der Waals surface area contributed by atoms with Crippen molar-refractivity contribution in [2.45, 2.75) is 38.8 Å². The minimum absolute atomic E-state index is 0.0301. The van der Waals surface area contributed by atoms with Crippen LogP contribution in [0.3, 0.4) is 0 Å². The fraction of sp³-hybridized carbons (Fsp3) is 0.375. The zero-order valence-electron chi connectivity index (χ0n) is 12.1. The maximum atomic E-state index is 9.32.